The largest absolute Gasteiger partial charge is 0.488 e. The zero-order chi connectivity index (χ0) is 23.6. The van der Waals surface area contributed by atoms with E-state index in [1.54, 1.807) is 13.3 Å². The molecule has 2 atom stereocenters. The number of fused-ring (bicyclic) bond motifs is 1. The summed E-state index contributed by atoms with van der Waals surface area (Å²) in [4.78, 5) is 9.27. The zero-order valence-electron chi connectivity index (χ0n) is 20.2. The van der Waals surface area contributed by atoms with E-state index in [-0.39, 0.29) is 5.60 Å². The number of hydrogen-bond donors (Lipinski definition) is 2. The van der Waals surface area contributed by atoms with Gasteiger partial charge in [-0.2, -0.15) is 5.10 Å². The highest BCUT2D eigenvalue weighted by molar-refractivity contribution is 6.02. The van der Waals surface area contributed by atoms with Crippen LogP contribution in [0.4, 0.5) is 0 Å². The van der Waals surface area contributed by atoms with E-state index in [2.05, 4.69) is 52.3 Å². The summed E-state index contributed by atoms with van der Waals surface area (Å²) < 4.78 is 11.5. The van der Waals surface area contributed by atoms with E-state index in [0.29, 0.717) is 23.5 Å². The number of hydrogen-bond acceptors (Lipinski definition) is 6. The van der Waals surface area contributed by atoms with Crippen LogP contribution in [0, 0.1) is 0 Å². The second-order valence-electron chi connectivity index (χ2n) is 9.44. The minimum atomic E-state index is -0.0393. The first-order chi connectivity index (χ1) is 15.8. The molecule has 1 saturated carbocycles. The van der Waals surface area contributed by atoms with Crippen molar-refractivity contribution in [2.75, 3.05) is 33.4 Å². The van der Waals surface area contributed by atoms with Crippen molar-refractivity contribution in [3.8, 4) is 5.75 Å². The molecule has 1 aromatic carbocycles. The molecule has 1 saturated heterocycles. The molecule has 2 aromatic rings. The highest BCUT2D eigenvalue weighted by Crippen LogP contribution is 2.40. The summed E-state index contributed by atoms with van der Waals surface area (Å²) in [5.74, 6) is 1.63. The van der Waals surface area contributed by atoms with Gasteiger partial charge in [0.05, 0.1) is 17.8 Å². The number of piperazine rings is 1. The Kier molecular flexibility index (Phi) is 6.76. The van der Waals surface area contributed by atoms with Gasteiger partial charge in [0, 0.05) is 56.5 Å². The smallest absolute Gasteiger partial charge is 0.130 e. The standard InChI is InChI=1S/C25H36N6O2/c1-6-27-23(30-11-12-31(17(2)15-30)18(3)16-32-5)14-21(26)24-20-13-19(33-25(4)9-10-25)7-8-22(20)28-29-24/h6-8,13-14,17-18H,1,9-12,15-16,26H2,2-5H3,(H,28,29)/b21-14-,27-23+/t17-,18?/m0/s1. The number of aliphatic imine (C=N–C) groups is 1. The molecule has 4 rings (SSSR count). The molecule has 8 heteroatoms. The van der Waals surface area contributed by atoms with Gasteiger partial charge in [-0.3, -0.25) is 10.00 Å². The van der Waals surface area contributed by atoms with Crippen molar-refractivity contribution in [2.24, 2.45) is 10.7 Å². The molecule has 2 heterocycles. The van der Waals surface area contributed by atoms with Crippen molar-refractivity contribution in [2.45, 2.75) is 51.3 Å². The lowest BCUT2D eigenvalue weighted by Gasteiger charge is -2.43. The Morgan fingerprint density at radius 1 is 1.42 bits per heavy atom. The Hall–Kier alpha value is -2.84. The van der Waals surface area contributed by atoms with Gasteiger partial charge < -0.3 is 20.1 Å². The molecule has 2 aliphatic rings. The van der Waals surface area contributed by atoms with Crippen LogP contribution in [-0.4, -0.2) is 76.9 Å². The number of benzene rings is 1. The number of nitrogens with zero attached hydrogens (tertiary/aromatic N) is 4. The zero-order valence-corrected chi connectivity index (χ0v) is 20.2. The van der Waals surface area contributed by atoms with Crippen LogP contribution in [0.1, 0.15) is 39.3 Å². The van der Waals surface area contributed by atoms with Gasteiger partial charge in [-0.15, -0.1) is 0 Å². The first kappa shape index (κ1) is 23.3. The number of aromatic amines is 1. The third-order valence-corrected chi connectivity index (χ3v) is 6.61. The van der Waals surface area contributed by atoms with Gasteiger partial charge in [0.15, 0.2) is 0 Å². The SMILES string of the molecule is C=C/N=C(\C=C(/N)c1n[nH]c2ccc(OC3(C)CC3)cc12)N1CCN(C(C)COC)[C@@H](C)C1. The predicted octanol–water partition coefficient (Wildman–Crippen LogP) is 3.38. The average Bonchev–Trinajstić information content (AvgIpc) is 3.35. The predicted molar refractivity (Wildman–Crippen MR) is 133 cm³/mol. The van der Waals surface area contributed by atoms with Crippen LogP contribution in [-0.2, 0) is 4.74 Å². The molecule has 178 valence electrons. The van der Waals surface area contributed by atoms with Gasteiger partial charge in [-0.05, 0) is 51.8 Å². The lowest BCUT2D eigenvalue weighted by atomic mass is 10.1. The quantitative estimate of drug-likeness (QED) is 0.471. The Labute approximate surface area is 196 Å². The van der Waals surface area contributed by atoms with Gasteiger partial charge >= 0.3 is 0 Å². The minimum absolute atomic E-state index is 0.0393. The molecule has 0 bridgehead atoms. The molecule has 1 aliphatic carbocycles. The van der Waals surface area contributed by atoms with Crippen molar-refractivity contribution in [3.63, 3.8) is 0 Å². The number of aromatic nitrogens is 2. The normalized spacial score (nSPS) is 22.4. The van der Waals surface area contributed by atoms with E-state index in [1.165, 1.54) is 0 Å². The van der Waals surface area contributed by atoms with Crippen LogP contribution in [0.3, 0.4) is 0 Å². The van der Waals surface area contributed by atoms with Crippen molar-refractivity contribution in [1.82, 2.24) is 20.0 Å². The second kappa shape index (κ2) is 9.57. The molecule has 33 heavy (non-hydrogen) atoms. The van der Waals surface area contributed by atoms with Gasteiger partial charge in [-0.25, -0.2) is 4.99 Å². The fourth-order valence-corrected chi connectivity index (χ4v) is 4.52. The molecule has 0 amide bonds. The molecule has 0 spiro atoms. The van der Waals surface area contributed by atoms with Crippen LogP contribution in [0.25, 0.3) is 16.6 Å². The van der Waals surface area contributed by atoms with Gasteiger partial charge in [0.1, 0.15) is 22.9 Å². The fourth-order valence-electron chi connectivity index (χ4n) is 4.52. The number of methoxy groups -OCH3 is 1. The maximum atomic E-state index is 6.55. The monoisotopic (exact) mass is 452 g/mol. The van der Waals surface area contributed by atoms with E-state index < -0.39 is 0 Å². The van der Waals surface area contributed by atoms with E-state index in [1.807, 2.05) is 24.3 Å². The summed E-state index contributed by atoms with van der Waals surface area (Å²) in [6, 6.07) is 6.71. The van der Waals surface area contributed by atoms with E-state index in [0.717, 1.165) is 61.6 Å². The molecule has 8 nitrogen and oxygen atoms in total. The first-order valence-corrected chi connectivity index (χ1v) is 11.7. The summed E-state index contributed by atoms with van der Waals surface area (Å²) in [7, 11) is 1.75. The van der Waals surface area contributed by atoms with Gasteiger partial charge in [-0.1, -0.05) is 6.58 Å². The first-order valence-electron chi connectivity index (χ1n) is 11.7. The molecule has 0 radical (unpaired) electrons. The minimum Gasteiger partial charge on any atom is -0.488 e. The topological polar surface area (TPSA) is 92.0 Å². The molecule has 1 aliphatic heterocycles. The molecule has 1 aromatic heterocycles. The summed E-state index contributed by atoms with van der Waals surface area (Å²) >= 11 is 0. The van der Waals surface area contributed by atoms with E-state index in [4.69, 9.17) is 15.2 Å². The molecular weight excluding hydrogens is 416 g/mol. The van der Waals surface area contributed by atoms with Crippen LogP contribution < -0.4 is 10.5 Å². The maximum Gasteiger partial charge on any atom is 0.130 e. The summed E-state index contributed by atoms with van der Waals surface area (Å²) in [6.45, 7) is 13.7. The number of H-pyrrole nitrogens is 1. The average molecular weight is 453 g/mol. The number of amidine groups is 1. The number of ether oxygens (including phenoxy) is 2. The van der Waals surface area contributed by atoms with Crippen LogP contribution in [0.2, 0.25) is 0 Å². The number of rotatable bonds is 8. The van der Waals surface area contributed by atoms with Gasteiger partial charge in [0.25, 0.3) is 0 Å². The molecular formula is C25H36N6O2. The summed E-state index contributed by atoms with van der Waals surface area (Å²) in [5, 5.41) is 8.50. The Morgan fingerprint density at radius 2 is 2.21 bits per heavy atom. The van der Waals surface area contributed by atoms with Crippen molar-refractivity contribution in [1.29, 1.82) is 0 Å². The third-order valence-electron chi connectivity index (χ3n) is 6.61. The Bertz CT molecular complexity index is 1050. The van der Waals surface area contributed by atoms with Crippen molar-refractivity contribution < 1.29 is 9.47 Å². The molecule has 2 fully saturated rings. The van der Waals surface area contributed by atoms with Crippen LogP contribution in [0.15, 0.2) is 42.0 Å². The number of nitrogens with two attached hydrogens (primary N) is 1. The summed E-state index contributed by atoms with van der Waals surface area (Å²) in [6.07, 6.45) is 5.63. The lowest BCUT2D eigenvalue weighted by molar-refractivity contribution is 0.0411. The summed E-state index contributed by atoms with van der Waals surface area (Å²) in [5.41, 5.74) is 8.69. The van der Waals surface area contributed by atoms with E-state index >= 15 is 0 Å². The third kappa shape index (κ3) is 5.23. The lowest BCUT2D eigenvalue weighted by Crippen LogP contribution is -2.56. The Balaban J connectivity index is 1.55. The second-order valence-corrected chi connectivity index (χ2v) is 9.44. The van der Waals surface area contributed by atoms with E-state index in [9.17, 15) is 0 Å². The highest BCUT2D eigenvalue weighted by Gasteiger charge is 2.40. The molecule has 3 N–H and O–H groups in total. The maximum absolute atomic E-state index is 6.55. The van der Waals surface area contributed by atoms with Crippen LogP contribution in [0.5, 0.6) is 5.75 Å². The highest BCUT2D eigenvalue weighted by atomic mass is 16.5. The molecule has 1 unspecified atom stereocenters. The van der Waals surface area contributed by atoms with Gasteiger partial charge in [0.2, 0.25) is 0 Å². The Morgan fingerprint density at radius 3 is 2.88 bits per heavy atom. The number of nitrogens with one attached hydrogen (secondary N) is 1. The van der Waals surface area contributed by atoms with Crippen LogP contribution >= 0.6 is 0 Å². The fraction of sp³-hybridized carbons (Fsp3) is 0.520. The van der Waals surface area contributed by atoms with Crippen molar-refractivity contribution >= 4 is 22.4 Å². The van der Waals surface area contributed by atoms with Crippen molar-refractivity contribution in [3.05, 3.63) is 42.7 Å².